The molecule has 0 bridgehead atoms. The molecule has 0 spiro atoms. The smallest absolute Gasteiger partial charge is 0.735 e. The third-order valence-corrected chi connectivity index (χ3v) is 1.11. The van der Waals surface area contributed by atoms with Gasteiger partial charge in [-0.05, 0) is 0 Å². The molecule has 0 unspecified atom stereocenters. The summed E-state index contributed by atoms with van der Waals surface area (Å²) in [6.45, 7) is -1.31. The molecule has 0 atom stereocenters. The maximum atomic E-state index is 11.7. The van der Waals surface area contributed by atoms with Crippen LogP contribution in [0.5, 0.6) is 0 Å². The van der Waals surface area contributed by atoms with Crippen LogP contribution in [0, 0.1) is 0 Å². The van der Waals surface area contributed by atoms with Crippen LogP contribution in [0.15, 0.2) is 11.9 Å². The van der Waals surface area contributed by atoms with Crippen LogP contribution in [0.25, 0.3) is 0 Å². The number of hydrogen-bond donors (Lipinski definition) is 1. The van der Waals surface area contributed by atoms with Crippen molar-refractivity contribution in [3.63, 3.8) is 0 Å². The van der Waals surface area contributed by atoms with Crippen molar-refractivity contribution < 1.29 is 45.0 Å². The summed E-state index contributed by atoms with van der Waals surface area (Å²) >= 11 is 0. The Kier molecular flexibility index (Phi) is 6.79. The molecule has 0 aliphatic carbocycles. The zero-order valence-corrected chi connectivity index (χ0v) is 6.79. The molecular weight excluding hydrogens is 194 g/mol. The van der Waals surface area contributed by atoms with Crippen molar-refractivity contribution in [2.75, 3.05) is 6.54 Å². The molecule has 0 fully saturated rings. The predicted octanol–water partition coefficient (Wildman–Crippen LogP) is -2.88. The third-order valence-electron chi connectivity index (χ3n) is 0.609. The number of halogens is 3. The van der Waals surface area contributed by atoms with Gasteiger partial charge in [-0.25, -0.2) is 17.5 Å². The molecule has 0 radical (unpaired) electrons. The molecule has 9 heteroatoms. The molecular formula is C3H3F3LiNO3S. The zero-order valence-electron chi connectivity index (χ0n) is 5.97. The van der Waals surface area contributed by atoms with Crippen molar-refractivity contribution in [1.29, 1.82) is 0 Å². The van der Waals surface area contributed by atoms with Crippen molar-refractivity contribution in [3.8, 4) is 0 Å². The van der Waals surface area contributed by atoms with E-state index in [9.17, 15) is 26.1 Å². The van der Waals surface area contributed by atoms with Gasteiger partial charge in [0.1, 0.15) is 0 Å². The first-order valence-corrected chi connectivity index (χ1v) is 3.64. The summed E-state index contributed by atoms with van der Waals surface area (Å²) in [5.41, 5.74) is 0. The Balaban J connectivity index is 0. The Morgan fingerprint density at radius 1 is 1.33 bits per heavy atom. The number of hydrogen-bond acceptors (Lipinski definition) is 3. The summed E-state index contributed by atoms with van der Waals surface area (Å²) < 4.78 is 64.0. The summed E-state index contributed by atoms with van der Waals surface area (Å²) in [4.78, 5) is 0. The van der Waals surface area contributed by atoms with E-state index in [-0.39, 0.29) is 18.9 Å². The summed E-state index contributed by atoms with van der Waals surface area (Å²) in [6, 6.07) is 0. The van der Waals surface area contributed by atoms with E-state index in [0.29, 0.717) is 0 Å². The molecule has 0 heterocycles. The van der Waals surface area contributed by atoms with E-state index < -0.39 is 28.8 Å². The normalized spacial score (nSPS) is 10.3. The van der Waals surface area contributed by atoms with Gasteiger partial charge >= 0.3 is 24.9 Å². The Morgan fingerprint density at radius 2 is 1.75 bits per heavy atom. The number of nitrogens with one attached hydrogen (secondary N) is 1. The Labute approximate surface area is 78.9 Å². The standard InChI is InChI=1S/C3H4F3NO3S.Li/c4-2(3(5)6)1-7-11(8,9)10;/h7H,1H2,(H,8,9,10);/q;+1/p-1. The average molecular weight is 197 g/mol. The Bertz CT molecular complexity index is 260. The topological polar surface area (TPSA) is 69.2 Å². The molecule has 1 N–H and O–H groups in total. The molecule has 12 heavy (non-hydrogen) atoms. The van der Waals surface area contributed by atoms with Crippen LogP contribution in [0.4, 0.5) is 13.2 Å². The van der Waals surface area contributed by atoms with E-state index in [2.05, 4.69) is 0 Å². The summed E-state index contributed by atoms with van der Waals surface area (Å²) in [5.74, 6) is -1.97. The summed E-state index contributed by atoms with van der Waals surface area (Å²) in [5, 5.41) is 0. The quantitative estimate of drug-likeness (QED) is 0.390. The van der Waals surface area contributed by atoms with Crippen molar-refractivity contribution in [2.24, 2.45) is 0 Å². The van der Waals surface area contributed by atoms with E-state index >= 15 is 0 Å². The second-order valence-electron chi connectivity index (χ2n) is 1.44. The summed E-state index contributed by atoms with van der Waals surface area (Å²) in [7, 11) is -4.86. The van der Waals surface area contributed by atoms with Gasteiger partial charge in [-0.15, -0.1) is 0 Å². The minimum atomic E-state index is -4.86. The molecule has 0 aliphatic heterocycles. The van der Waals surface area contributed by atoms with E-state index in [1.54, 1.807) is 0 Å². The van der Waals surface area contributed by atoms with Gasteiger partial charge in [0, 0.05) is 0 Å². The largest absolute Gasteiger partial charge is 1.00 e. The van der Waals surface area contributed by atoms with Gasteiger partial charge in [-0.1, -0.05) is 0 Å². The molecule has 0 saturated heterocycles. The molecule has 4 nitrogen and oxygen atoms in total. The predicted molar refractivity (Wildman–Crippen MR) is 28.0 cm³/mol. The Morgan fingerprint density at radius 3 is 2.00 bits per heavy atom. The molecule has 0 saturated carbocycles. The van der Waals surface area contributed by atoms with Gasteiger partial charge in [-0.3, -0.25) is 0 Å². The maximum Gasteiger partial charge on any atom is 1.00 e. The van der Waals surface area contributed by atoms with Crippen LogP contribution in [0.2, 0.25) is 0 Å². The second-order valence-corrected chi connectivity index (χ2v) is 2.64. The fourth-order valence-corrected chi connectivity index (χ4v) is 0.522. The molecule has 0 aromatic carbocycles. The fraction of sp³-hybridized carbons (Fsp3) is 0.333. The van der Waals surface area contributed by atoms with Gasteiger partial charge in [0.15, 0.2) is 16.1 Å². The van der Waals surface area contributed by atoms with Gasteiger partial charge in [0.25, 0.3) is 0 Å². The van der Waals surface area contributed by atoms with Crippen LogP contribution >= 0.6 is 0 Å². The van der Waals surface area contributed by atoms with E-state index in [0.717, 1.165) is 4.72 Å². The average Bonchev–Trinajstić information content (AvgIpc) is 1.80. The van der Waals surface area contributed by atoms with Crippen LogP contribution in [0.3, 0.4) is 0 Å². The van der Waals surface area contributed by atoms with Crippen molar-refractivity contribution in [1.82, 2.24) is 4.72 Å². The van der Waals surface area contributed by atoms with Gasteiger partial charge in [-0.2, -0.15) is 8.78 Å². The molecule has 0 aliphatic rings. The first kappa shape index (κ1) is 14.5. The number of rotatable bonds is 3. The molecule has 0 aromatic rings. The van der Waals surface area contributed by atoms with E-state index in [1.165, 1.54) is 0 Å². The second kappa shape index (κ2) is 5.61. The maximum absolute atomic E-state index is 11.7. The summed E-state index contributed by atoms with van der Waals surface area (Å²) in [6.07, 6.45) is -2.65. The molecule has 0 aromatic heterocycles. The van der Waals surface area contributed by atoms with Crippen LogP contribution in [-0.4, -0.2) is 19.5 Å². The monoisotopic (exact) mass is 197 g/mol. The van der Waals surface area contributed by atoms with E-state index in [1.807, 2.05) is 0 Å². The van der Waals surface area contributed by atoms with Crippen molar-refractivity contribution >= 4 is 10.3 Å². The van der Waals surface area contributed by atoms with Crippen LogP contribution < -0.4 is 23.6 Å². The van der Waals surface area contributed by atoms with Gasteiger partial charge < -0.3 is 4.55 Å². The first-order chi connectivity index (χ1) is 4.83. The minimum Gasteiger partial charge on any atom is -0.735 e. The Hall–Kier alpha value is -0.00260. The molecule has 0 rings (SSSR count). The van der Waals surface area contributed by atoms with Crippen molar-refractivity contribution in [2.45, 2.75) is 0 Å². The minimum absolute atomic E-state index is 0. The zero-order chi connectivity index (χ0) is 9.07. The van der Waals surface area contributed by atoms with Crippen LogP contribution in [0.1, 0.15) is 0 Å². The molecule has 0 amide bonds. The van der Waals surface area contributed by atoms with Gasteiger partial charge in [0.2, 0.25) is 0 Å². The first-order valence-electron chi connectivity index (χ1n) is 2.23. The fourth-order valence-electron chi connectivity index (χ4n) is 0.219. The van der Waals surface area contributed by atoms with Crippen molar-refractivity contribution in [3.05, 3.63) is 11.9 Å². The molecule has 66 valence electrons. The van der Waals surface area contributed by atoms with E-state index in [4.69, 9.17) is 0 Å². The van der Waals surface area contributed by atoms with Crippen LogP contribution in [-0.2, 0) is 10.3 Å². The third kappa shape index (κ3) is 8.10. The SMILES string of the molecule is O=S(=O)([O-])NCC(F)=C(F)F.[Li+]. The van der Waals surface area contributed by atoms with Gasteiger partial charge in [0.05, 0.1) is 6.54 Å².